The Hall–Kier alpha value is -3.37. The fraction of sp³-hybridized carbons (Fsp3) is 0.143. The molecule has 0 spiro atoms. The summed E-state index contributed by atoms with van der Waals surface area (Å²) in [6, 6.07) is 12.0. The Morgan fingerprint density at radius 1 is 1.06 bits per heavy atom. The Labute approximate surface area is 187 Å². The second-order valence-electron chi connectivity index (χ2n) is 6.84. The number of benzene rings is 2. The molecular formula is C21H18N4O4S2. The number of hydrazine groups is 1. The first-order chi connectivity index (χ1) is 14.8. The molecule has 1 aromatic heterocycles. The summed E-state index contributed by atoms with van der Waals surface area (Å²) in [5.41, 5.74) is 5.09. The third-order valence-corrected chi connectivity index (χ3v) is 6.26. The number of thioether (sulfide) groups is 1. The van der Waals surface area contributed by atoms with E-state index >= 15 is 0 Å². The van der Waals surface area contributed by atoms with Gasteiger partial charge in [-0.1, -0.05) is 17.8 Å². The van der Waals surface area contributed by atoms with Gasteiger partial charge < -0.3 is 4.74 Å². The number of imidazole rings is 1. The molecule has 0 radical (unpaired) electrons. The Balaban J connectivity index is 1.57. The lowest BCUT2D eigenvalue weighted by molar-refractivity contribution is -0.123. The van der Waals surface area contributed by atoms with Gasteiger partial charge in [0.05, 0.1) is 23.0 Å². The number of methoxy groups -OCH3 is 1. The number of carbonyl (C=O) groups excluding carboxylic acids is 2. The molecule has 0 bridgehead atoms. The minimum atomic E-state index is -0.457. The lowest BCUT2D eigenvalue weighted by Crippen LogP contribution is -2.44. The summed E-state index contributed by atoms with van der Waals surface area (Å²) in [5.74, 6) is -0.252. The fourth-order valence-corrected chi connectivity index (χ4v) is 4.42. The average Bonchev–Trinajstić information content (AvgIpc) is 3.16. The van der Waals surface area contributed by atoms with Gasteiger partial charge in [-0.25, -0.2) is 4.79 Å². The molecule has 1 aliphatic heterocycles. The third kappa shape index (κ3) is 3.75. The highest BCUT2D eigenvalue weighted by Crippen LogP contribution is 2.32. The van der Waals surface area contributed by atoms with Crippen LogP contribution in [0.4, 0.5) is 0 Å². The van der Waals surface area contributed by atoms with E-state index in [1.165, 1.54) is 7.11 Å². The highest BCUT2D eigenvalue weighted by atomic mass is 32.2. The van der Waals surface area contributed by atoms with Crippen LogP contribution in [0.5, 0.6) is 5.75 Å². The maximum absolute atomic E-state index is 12.8. The van der Waals surface area contributed by atoms with Crippen molar-refractivity contribution in [3.8, 4) is 5.75 Å². The minimum Gasteiger partial charge on any atom is -0.497 e. The van der Waals surface area contributed by atoms with Gasteiger partial charge in [0.1, 0.15) is 5.75 Å². The predicted octanol–water partition coefficient (Wildman–Crippen LogP) is 2.43. The van der Waals surface area contributed by atoms with Crippen molar-refractivity contribution in [2.75, 3.05) is 7.11 Å². The molecule has 31 heavy (non-hydrogen) atoms. The van der Waals surface area contributed by atoms with Crippen molar-refractivity contribution in [3.63, 3.8) is 0 Å². The van der Waals surface area contributed by atoms with Crippen LogP contribution in [-0.2, 0) is 18.9 Å². The molecule has 158 valence electrons. The van der Waals surface area contributed by atoms with Gasteiger partial charge in [0, 0.05) is 19.7 Å². The van der Waals surface area contributed by atoms with E-state index in [0.717, 1.165) is 33.4 Å². The Morgan fingerprint density at radius 3 is 2.42 bits per heavy atom. The number of hydrogen-bond donors (Lipinski definition) is 1. The molecule has 0 atom stereocenters. The number of hydrogen-bond acceptors (Lipinski definition) is 6. The molecule has 8 nitrogen and oxygen atoms in total. The van der Waals surface area contributed by atoms with E-state index in [-0.39, 0.29) is 10.0 Å². The summed E-state index contributed by atoms with van der Waals surface area (Å²) < 4.78 is 8.42. The molecule has 3 aromatic rings. The average molecular weight is 455 g/mol. The summed E-state index contributed by atoms with van der Waals surface area (Å²) in [7, 11) is 4.94. The molecule has 4 rings (SSSR count). The summed E-state index contributed by atoms with van der Waals surface area (Å²) in [5, 5.41) is 1.06. The molecule has 0 saturated carbocycles. The SMILES string of the molecule is COc1ccc(C(=O)NN2C(=O)/C(=C\c3ccc4c(c3)n(C)c(=O)n4C)SC2=S)cc1. The molecule has 0 aliphatic carbocycles. The van der Waals surface area contributed by atoms with Gasteiger partial charge >= 0.3 is 5.69 Å². The normalized spacial score (nSPS) is 15.2. The maximum atomic E-state index is 12.8. The predicted molar refractivity (Wildman–Crippen MR) is 124 cm³/mol. The van der Waals surface area contributed by atoms with Crippen LogP contribution < -0.4 is 15.9 Å². The first-order valence-corrected chi connectivity index (χ1v) is 10.4. The Morgan fingerprint density at radius 2 is 1.74 bits per heavy atom. The minimum absolute atomic E-state index is 0.125. The highest BCUT2D eigenvalue weighted by Gasteiger charge is 2.33. The number of ether oxygens (including phenoxy) is 1. The van der Waals surface area contributed by atoms with Crippen LogP contribution >= 0.6 is 24.0 Å². The second-order valence-corrected chi connectivity index (χ2v) is 8.51. The van der Waals surface area contributed by atoms with Crippen LogP contribution in [0.3, 0.4) is 0 Å². The molecule has 0 unspecified atom stereocenters. The summed E-state index contributed by atoms with van der Waals surface area (Å²) in [4.78, 5) is 37.8. The zero-order chi connectivity index (χ0) is 22.3. The molecule has 2 amide bonds. The van der Waals surface area contributed by atoms with Crippen molar-refractivity contribution in [1.82, 2.24) is 19.6 Å². The number of thiocarbonyl (C=S) groups is 1. The standard InChI is InChI=1S/C21H18N4O4S2/c1-23-15-9-4-12(10-16(15)24(2)20(23)28)11-17-19(27)25(21(30)31-17)22-18(26)13-5-7-14(29-3)8-6-13/h4-11H,1-3H3,(H,22,26)/b17-11+. The van der Waals surface area contributed by atoms with Crippen molar-refractivity contribution in [1.29, 1.82) is 0 Å². The topological polar surface area (TPSA) is 85.6 Å². The number of aromatic nitrogens is 2. The van der Waals surface area contributed by atoms with E-state index in [9.17, 15) is 14.4 Å². The lowest BCUT2D eigenvalue weighted by atomic mass is 10.2. The zero-order valence-corrected chi connectivity index (χ0v) is 18.5. The number of nitrogens with zero attached hydrogens (tertiary/aromatic N) is 3. The Bertz CT molecular complexity index is 1320. The molecular weight excluding hydrogens is 436 g/mol. The quantitative estimate of drug-likeness (QED) is 0.482. The van der Waals surface area contributed by atoms with Gasteiger partial charge in [-0.15, -0.1) is 0 Å². The second kappa shape index (κ2) is 8.05. The van der Waals surface area contributed by atoms with Crippen molar-refractivity contribution < 1.29 is 14.3 Å². The van der Waals surface area contributed by atoms with Gasteiger partial charge in [0.25, 0.3) is 11.8 Å². The van der Waals surface area contributed by atoms with Crippen LogP contribution in [0.2, 0.25) is 0 Å². The van der Waals surface area contributed by atoms with E-state index in [1.54, 1.807) is 53.6 Å². The van der Waals surface area contributed by atoms with Gasteiger partial charge in [0.2, 0.25) is 0 Å². The van der Waals surface area contributed by atoms with Gasteiger partial charge in [-0.2, -0.15) is 5.01 Å². The van der Waals surface area contributed by atoms with Crippen LogP contribution in [0.1, 0.15) is 15.9 Å². The number of nitrogens with one attached hydrogen (secondary N) is 1. The van der Waals surface area contributed by atoms with E-state index in [0.29, 0.717) is 16.2 Å². The van der Waals surface area contributed by atoms with Gasteiger partial charge in [0.15, 0.2) is 4.32 Å². The van der Waals surface area contributed by atoms with Crippen LogP contribution in [0, 0.1) is 0 Å². The summed E-state index contributed by atoms with van der Waals surface area (Å²) in [6.45, 7) is 0. The summed E-state index contributed by atoms with van der Waals surface area (Å²) >= 11 is 6.38. The first-order valence-electron chi connectivity index (χ1n) is 9.18. The number of fused-ring (bicyclic) bond motifs is 1. The zero-order valence-electron chi connectivity index (χ0n) is 16.9. The summed E-state index contributed by atoms with van der Waals surface area (Å²) in [6.07, 6.45) is 1.69. The van der Waals surface area contributed by atoms with E-state index in [2.05, 4.69) is 5.43 Å². The number of rotatable bonds is 4. The van der Waals surface area contributed by atoms with Crippen LogP contribution in [0.25, 0.3) is 17.1 Å². The molecule has 2 aromatic carbocycles. The molecule has 10 heteroatoms. The first kappa shape index (κ1) is 20.9. The van der Waals surface area contributed by atoms with Crippen molar-refractivity contribution in [2.24, 2.45) is 14.1 Å². The number of aryl methyl sites for hydroxylation is 2. The lowest BCUT2D eigenvalue weighted by Gasteiger charge is -2.15. The Kier molecular flexibility index (Phi) is 5.42. The number of amides is 2. The third-order valence-electron chi connectivity index (χ3n) is 4.95. The van der Waals surface area contributed by atoms with E-state index < -0.39 is 11.8 Å². The van der Waals surface area contributed by atoms with Crippen LogP contribution in [0.15, 0.2) is 52.2 Å². The molecule has 1 aliphatic rings. The van der Waals surface area contributed by atoms with Crippen molar-refractivity contribution in [2.45, 2.75) is 0 Å². The monoisotopic (exact) mass is 454 g/mol. The van der Waals surface area contributed by atoms with Crippen molar-refractivity contribution >= 4 is 57.2 Å². The maximum Gasteiger partial charge on any atom is 0.328 e. The molecule has 2 heterocycles. The largest absolute Gasteiger partial charge is 0.497 e. The van der Waals surface area contributed by atoms with Gasteiger partial charge in [-0.05, 0) is 60.3 Å². The van der Waals surface area contributed by atoms with Crippen LogP contribution in [-0.4, -0.2) is 37.4 Å². The number of carbonyl (C=O) groups is 2. The smallest absolute Gasteiger partial charge is 0.328 e. The fourth-order valence-electron chi connectivity index (χ4n) is 3.24. The highest BCUT2D eigenvalue weighted by molar-refractivity contribution is 8.26. The van der Waals surface area contributed by atoms with Gasteiger partial charge in [-0.3, -0.25) is 24.1 Å². The van der Waals surface area contributed by atoms with Crippen molar-refractivity contribution in [3.05, 3.63) is 69.0 Å². The van der Waals surface area contributed by atoms with E-state index in [1.807, 2.05) is 18.2 Å². The molecule has 1 fully saturated rings. The molecule has 1 saturated heterocycles. The molecule has 1 N–H and O–H groups in total. The van der Waals surface area contributed by atoms with E-state index in [4.69, 9.17) is 17.0 Å².